The van der Waals surface area contributed by atoms with E-state index < -0.39 is 20.9 Å². The summed E-state index contributed by atoms with van der Waals surface area (Å²) in [6.45, 7) is 1.56. The lowest BCUT2D eigenvalue weighted by Gasteiger charge is -2.12. The monoisotopic (exact) mass is 308 g/mol. The van der Waals surface area contributed by atoms with Crippen molar-refractivity contribution in [3.63, 3.8) is 0 Å². The average Bonchev–Trinajstić information content (AvgIpc) is 2.24. The second kappa shape index (κ2) is 6.18. The number of sulfonamides is 1. The van der Waals surface area contributed by atoms with E-state index >= 15 is 0 Å². The fraction of sp³-hybridized carbons (Fsp3) is 0.400. The SMILES string of the molecule is CC(COc1c(Cl)cccc1[N+](=O)[O-])CS(N)(=O)=O. The summed E-state index contributed by atoms with van der Waals surface area (Å²) in [4.78, 5) is 10.2. The Morgan fingerprint density at radius 3 is 2.68 bits per heavy atom. The summed E-state index contributed by atoms with van der Waals surface area (Å²) in [6, 6.07) is 4.14. The fourth-order valence-electron chi connectivity index (χ4n) is 1.45. The van der Waals surface area contributed by atoms with E-state index in [0.717, 1.165) is 0 Å². The van der Waals surface area contributed by atoms with Crippen LogP contribution in [0.15, 0.2) is 18.2 Å². The first-order valence-electron chi connectivity index (χ1n) is 5.27. The predicted molar refractivity (Wildman–Crippen MR) is 70.7 cm³/mol. The lowest BCUT2D eigenvalue weighted by Crippen LogP contribution is -2.25. The highest BCUT2D eigenvalue weighted by molar-refractivity contribution is 7.89. The zero-order valence-corrected chi connectivity index (χ0v) is 11.6. The van der Waals surface area contributed by atoms with E-state index in [1.807, 2.05) is 0 Å². The average molecular weight is 309 g/mol. The molecule has 0 amide bonds. The molecular weight excluding hydrogens is 296 g/mol. The minimum Gasteiger partial charge on any atom is -0.485 e. The number of nitrogens with zero attached hydrogens (tertiary/aromatic N) is 1. The largest absolute Gasteiger partial charge is 0.485 e. The third-order valence-electron chi connectivity index (χ3n) is 2.17. The van der Waals surface area contributed by atoms with Crippen molar-refractivity contribution in [2.24, 2.45) is 11.1 Å². The smallest absolute Gasteiger partial charge is 0.312 e. The lowest BCUT2D eigenvalue weighted by atomic mass is 10.2. The zero-order chi connectivity index (χ0) is 14.6. The number of nitro groups is 1. The molecule has 0 aliphatic rings. The molecule has 0 aliphatic heterocycles. The fourth-order valence-corrected chi connectivity index (χ4v) is 2.57. The number of nitro benzene ring substituents is 1. The van der Waals surface area contributed by atoms with Crippen molar-refractivity contribution in [2.45, 2.75) is 6.92 Å². The van der Waals surface area contributed by atoms with Crippen LogP contribution < -0.4 is 9.88 Å². The molecule has 0 aliphatic carbocycles. The molecule has 0 bridgehead atoms. The molecule has 0 saturated carbocycles. The maximum absolute atomic E-state index is 10.9. The molecule has 106 valence electrons. The summed E-state index contributed by atoms with van der Waals surface area (Å²) >= 11 is 5.82. The zero-order valence-electron chi connectivity index (χ0n) is 10.1. The molecule has 2 N–H and O–H groups in total. The number of para-hydroxylation sites is 1. The number of hydrogen-bond donors (Lipinski definition) is 1. The summed E-state index contributed by atoms with van der Waals surface area (Å²) in [5.41, 5.74) is -0.268. The van der Waals surface area contributed by atoms with E-state index in [9.17, 15) is 18.5 Å². The van der Waals surface area contributed by atoms with E-state index in [1.165, 1.54) is 18.2 Å². The third-order valence-corrected chi connectivity index (χ3v) is 3.50. The minimum atomic E-state index is -3.61. The Kier molecular flexibility index (Phi) is 5.10. The van der Waals surface area contributed by atoms with Gasteiger partial charge in [-0.1, -0.05) is 24.6 Å². The first kappa shape index (κ1) is 15.7. The summed E-state index contributed by atoms with van der Waals surface area (Å²) < 4.78 is 27.0. The number of halogens is 1. The standard InChI is InChI=1S/C10H13ClN2O5S/c1-7(6-19(12,16)17)5-18-10-8(11)3-2-4-9(10)13(14)15/h2-4,7H,5-6H2,1H3,(H2,12,16,17). The molecule has 0 radical (unpaired) electrons. The Labute approximate surface area is 115 Å². The molecular formula is C10H13ClN2O5S. The molecule has 1 atom stereocenters. The van der Waals surface area contributed by atoms with Crippen LogP contribution in [0.1, 0.15) is 6.92 Å². The topological polar surface area (TPSA) is 113 Å². The molecule has 7 nitrogen and oxygen atoms in total. The van der Waals surface area contributed by atoms with Gasteiger partial charge in [-0.2, -0.15) is 0 Å². The molecule has 9 heteroatoms. The summed E-state index contributed by atoms with van der Waals surface area (Å²) in [6.07, 6.45) is 0. The number of nitrogens with two attached hydrogens (primary N) is 1. The molecule has 0 heterocycles. The molecule has 1 aromatic rings. The summed E-state index contributed by atoms with van der Waals surface area (Å²) in [5, 5.41) is 15.8. The van der Waals surface area contributed by atoms with Crippen molar-refractivity contribution in [3.8, 4) is 5.75 Å². The van der Waals surface area contributed by atoms with Gasteiger partial charge in [0.25, 0.3) is 0 Å². The van der Waals surface area contributed by atoms with Gasteiger partial charge < -0.3 is 4.74 Å². The van der Waals surface area contributed by atoms with Crippen LogP contribution in [0.5, 0.6) is 5.75 Å². The summed E-state index contributed by atoms with van der Waals surface area (Å²) in [5.74, 6) is -0.757. The molecule has 0 spiro atoms. The lowest BCUT2D eigenvalue weighted by molar-refractivity contribution is -0.385. The van der Waals surface area contributed by atoms with Crippen LogP contribution in [-0.2, 0) is 10.0 Å². The number of benzene rings is 1. The van der Waals surface area contributed by atoms with E-state index in [0.29, 0.717) is 0 Å². The number of ether oxygens (including phenoxy) is 1. The number of primary sulfonamides is 1. The Hall–Kier alpha value is -1.38. The van der Waals surface area contributed by atoms with E-state index in [2.05, 4.69) is 0 Å². The highest BCUT2D eigenvalue weighted by Gasteiger charge is 2.20. The van der Waals surface area contributed by atoms with Gasteiger partial charge in [0.2, 0.25) is 15.8 Å². The van der Waals surface area contributed by atoms with Crippen molar-refractivity contribution < 1.29 is 18.1 Å². The van der Waals surface area contributed by atoms with Crippen LogP contribution in [-0.4, -0.2) is 25.7 Å². The van der Waals surface area contributed by atoms with Gasteiger partial charge in [0.05, 0.1) is 22.3 Å². The van der Waals surface area contributed by atoms with Gasteiger partial charge in [0.1, 0.15) is 0 Å². The molecule has 19 heavy (non-hydrogen) atoms. The van der Waals surface area contributed by atoms with Gasteiger partial charge in [-0.25, -0.2) is 13.6 Å². The highest BCUT2D eigenvalue weighted by Crippen LogP contribution is 2.34. The van der Waals surface area contributed by atoms with Crippen LogP contribution in [0, 0.1) is 16.0 Å². The Balaban J connectivity index is 2.80. The Morgan fingerprint density at radius 2 is 2.16 bits per heavy atom. The second-order valence-corrected chi connectivity index (χ2v) is 6.16. The quantitative estimate of drug-likeness (QED) is 0.633. The molecule has 0 fully saturated rings. The van der Waals surface area contributed by atoms with E-state index in [4.69, 9.17) is 21.5 Å². The number of rotatable bonds is 6. The normalized spacial score (nSPS) is 13.0. The maximum atomic E-state index is 10.9. The van der Waals surface area contributed by atoms with Gasteiger partial charge in [0, 0.05) is 12.0 Å². The van der Waals surface area contributed by atoms with E-state index in [1.54, 1.807) is 6.92 Å². The van der Waals surface area contributed by atoms with Crippen molar-refractivity contribution in [3.05, 3.63) is 33.3 Å². The maximum Gasteiger partial charge on any atom is 0.312 e. The first-order chi connectivity index (χ1) is 8.70. The molecule has 0 saturated heterocycles. The minimum absolute atomic E-state index is 0.0407. The number of hydrogen-bond acceptors (Lipinski definition) is 5. The van der Waals surface area contributed by atoms with Crippen LogP contribution >= 0.6 is 11.6 Å². The predicted octanol–water partition coefficient (Wildman–Crippen LogP) is 1.55. The van der Waals surface area contributed by atoms with Gasteiger partial charge in [0.15, 0.2) is 0 Å². The molecule has 0 aromatic heterocycles. The Morgan fingerprint density at radius 1 is 1.53 bits per heavy atom. The van der Waals surface area contributed by atoms with Crippen LogP contribution in [0.25, 0.3) is 0 Å². The molecule has 1 aromatic carbocycles. The molecule has 1 unspecified atom stereocenters. The van der Waals surface area contributed by atoms with Crippen molar-refractivity contribution in [1.29, 1.82) is 0 Å². The second-order valence-electron chi connectivity index (χ2n) is 4.09. The van der Waals surface area contributed by atoms with Gasteiger partial charge in [-0.3, -0.25) is 10.1 Å². The van der Waals surface area contributed by atoms with Crippen LogP contribution in [0.4, 0.5) is 5.69 Å². The summed E-state index contributed by atoms with van der Waals surface area (Å²) in [7, 11) is -3.61. The van der Waals surface area contributed by atoms with E-state index in [-0.39, 0.29) is 28.8 Å². The van der Waals surface area contributed by atoms with Crippen molar-refractivity contribution in [2.75, 3.05) is 12.4 Å². The van der Waals surface area contributed by atoms with Crippen LogP contribution in [0.2, 0.25) is 5.02 Å². The van der Waals surface area contributed by atoms with Gasteiger partial charge in [-0.05, 0) is 6.07 Å². The molecule has 1 rings (SSSR count). The highest BCUT2D eigenvalue weighted by atomic mass is 35.5. The van der Waals surface area contributed by atoms with Gasteiger partial charge in [-0.15, -0.1) is 0 Å². The Bertz CT molecular complexity index is 575. The van der Waals surface area contributed by atoms with Crippen LogP contribution in [0.3, 0.4) is 0 Å². The first-order valence-corrected chi connectivity index (χ1v) is 7.36. The van der Waals surface area contributed by atoms with Gasteiger partial charge >= 0.3 is 5.69 Å². The van der Waals surface area contributed by atoms with Crippen molar-refractivity contribution in [1.82, 2.24) is 0 Å². The van der Waals surface area contributed by atoms with Crippen molar-refractivity contribution >= 4 is 27.3 Å². The third kappa shape index (κ3) is 5.01.